The minimum absolute atomic E-state index is 0.106. The van der Waals surface area contributed by atoms with Gasteiger partial charge in [-0.15, -0.1) is 0 Å². The van der Waals surface area contributed by atoms with Crippen molar-refractivity contribution in [3.63, 3.8) is 0 Å². The number of halogens is 3. The zero-order valence-electron chi connectivity index (χ0n) is 21.7. The first-order valence-electron chi connectivity index (χ1n) is 13.5. The van der Waals surface area contributed by atoms with Crippen molar-refractivity contribution in [2.75, 3.05) is 0 Å². The van der Waals surface area contributed by atoms with Gasteiger partial charge in [-0.25, -0.2) is 9.59 Å². The minimum Gasteiger partial charge on any atom is -0.459 e. The number of rotatable bonds is 3. The number of hydrogen-bond donors (Lipinski definition) is 0. The van der Waals surface area contributed by atoms with Gasteiger partial charge in [0.1, 0.15) is 23.9 Å². The lowest BCUT2D eigenvalue weighted by Crippen LogP contribution is -2.58. The molecule has 6 rings (SSSR count). The molecule has 5 fully saturated rings. The molecule has 4 aliphatic carbocycles. The second kappa shape index (κ2) is 8.32. The predicted molar refractivity (Wildman–Crippen MR) is 126 cm³/mol. The average molecular weight is 539 g/mol. The van der Waals surface area contributed by atoms with Crippen LogP contribution < -0.4 is 5.63 Å². The van der Waals surface area contributed by atoms with Crippen LogP contribution in [0.25, 0.3) is 0 Å². The van der Waals surface area contributed by atoms with Crippen LogP contribution in [-0.4, -0.2) is 42.0 Å². The fourth-order valence-electron chi connectivity index (χ4n) is 9.41. The molecular formula is C28H33F3O7. The third-order valence-corrected chi connectivity index (χ3v) is 11.0. The van der Waals surface area contributed by atoms with Crippen LogP contribution in [-0.2, 0) is 23.8 Å². The third kappa shape index (κ3) is 3.54. The summed E-state index contributed by atoms with van der Waals surface area (Å²) < 4.78 is 60.9. The topological polar surface area (TPSA) is 95.3 Å². The maximum absolute atomic E-state index is 12.8. The van der Waals surface area contributed by atoms with Crippen molar-refractivity contribution in [2.24, 2.45) is 28.6 Å². The monoisotopic (exact) mass is 538 g/mol. The van der Waals surface area contributed by atoms with Gasteiger partial charge in [0, 0.05) is 24.3 Å². The summed E-state index contributed by atoms with van der Waals surface area (Å²) in [4.78, 5) is 35.3. The molecule has 5 aliphatic rings. The van der Waals surface area contributed by atoms with Crippen molar-refractivity contribution in [2.45, 2.75) is 102 Å². The van der Waals surface area contributed by atoms with E-state index in [4.69, 9.17) is 18.6 Å². The van der Waals surface area contributed by atoms with Crippen LogP contribution in [0.4, 0.5) is 13.2 Å². The predicted octanol–water partition coefficient (Wildman–Crippen LogP) is 4.91. The van der Waals surface area contributed by atoms with Crippen LogP contribution in [0.1, 0.15) is 77.2 Å². The molecule has 1 saturated heterocycles. The zero-order valence-corrected chi connectivity index (χ0v) is 21.7. The summed E-state index contributed by atoms with van der Waals surface area (Å²) in [6, 6.07) is 3.15. The van der Waals surface area contributed by atoms with E-state index in [1.54, 1.807) is 6.07 Å². The van der Waals surface area contributed by atoms with Crippen molar-refractivity contribution < 1.29 is 41.4 Å². The maximum Gasteiger partial charge on any atom is 0.490 e. The van der Waals surface area contributed by atoms with Crippen LogP contribution in [0, 0.1) is 28.6 Å². The highest BCUT2D eigenvalue weighted by molar-refractivity contribution is 5.75. The molecule has 38 heavy (non-hydrogen) atoms. The Balaban J connectivity index is 1.28. The van der Waals surface area contributed by atoms with E-state index in [1.165, 1.54) is 19.3 Å². The van der Waals surface area contributed by atoms with Gasteiger partial charge in [0.2, 0.25) is 0 Å². The molecule has 10 heteroatoms. The van der Waals surface area contributed by atoms with Crippen LogP contribution in [0.2, 0.25) is 0 Å². The van der Waals surface area contributed by atoms with Crippen molar-refractivity contribution in [3.8, 4) is 0 Å². The molecule has 0 aromatic carbocycles. The van der Waals surface area contributed by atoms with Gasteiger partial charge in [-0.2, -0.15) is 13.2 Å². The van der Waals surface area contributed by atoms with Gasteiger partial charge >= 0.3 is 23.7 Å². The first-order chi connectivity index (χ1) is 17.8. The molecule has 0 radical (unpaired) electrons. The molecule has 1 aliphatic heterocycles. The summed E-state index contributed by atoms with van der Waals surface area (Å²) in [5.74, 6) is -2.01. The van der Waals surface area contributed by atoms with E-state index in [9.17, 15) is 27.6 Å². The Morgan fingerprint density at radius 2 is 1.79 bits per heavy atom. The Morgan fingerprint density at radius 3 is 2.45 bits per heavy atom. The first-order valence-corrected chi connectivity index (χ1v) is 13.5. The average Bonchev–Trinajstić information content (AvgIpc) is 3.54. The van der Waals surface area contributed by atoms with E-state index in [0.717, 1.165) is 31.2 Å². The molecule has 0 unspecified atom stereocenters. The molecule has 7 nitrogen and oxygen atoms in total. The summed E-state index contributed by atoms with van der Waals surface area (Å²) in [5, 5.41) is 0. The second-order valence-corrected chi connectivity index (χ2v) is 12.5. The number of fused-ring (bicyclic) bond motifs is 3. The molecule has 1 spiro atoms. The van der Waals surface area contributed by atoms with Crippen LogP contribution >= 0.6 is 0 Å². The lowest BCUT2D eigenvalue weighted by atomic mass is 9.44. The summed E-state index contributed by atoms with van der Waals surface area (Å²) in [6.45, 7) is 5.83. The van der Waals surface area contributed by atoms with Crippen molar-refractivity contribution in [1.82, 2.24) is 0 Å². The van der Waals surface area contributed by atoms with Crippen LogP contribution in [0.3, 0.4) is 0 Å². The van der Waals surface area contributed by atoms with Gasteiger partial charge in [0.25, 0.3) is 0 Å². The second-order valence-electron chi connectivity index (χ2n) is 12.5. The van der Waals surface area contributed by atoms with E-state index in [1.807, 2.05) is 0 Å². The highest BCUT2D eigenvalue weighted by Gasteiger charge is 2.84. The molecule has 208 valence electrons. The number of alkyl halides is 3. The zero-order chi connectivity index (χ0) is 27.3. The molecule has 2 heterocycles. The Labute approximate surface area is 218 Å². The normalized spacial score (nSPS) is 45.2. The fraction of sp³-hybridized carbons (Fsp3) is 0.750. The highest BCUT2D eigenvalue weighted by atomic mass is 19.4. The Bertz CT molecular complexity index is 1190. The lowest BCUT2D eigenvalue weighted by Gasteiger charge is -2.61. The van der Waals surface area contributed by atoms with Gasteiger partial charge in [-0.05, 0) is 79.7 Å². The van der Waals surface area contributed by atoms with Crippen molar-refractivity contribution in [1.29, 1.82) is 0 Å². The first kappa shape index (κ1) is 25.9. The molecule has 0 amide bonds. The fourth-order valence-corrected chi connectivity index (χ4v) is 9.41. The van der Waals surface area contributed by atoms with E-state index in [0.29, 0.717) is 25.2 Å². The molecule has 10 atom stereocenters. The number of carbonyl (C=O) groups is 2. The van der Waals surface area contributed by atoms with E-state index < -0.39 is 35.6 Å². The minimum atomic E-state index is -4.98. The Hall–Kier alpha value is -2.36. The summed E-state index contributed by atoms with van der Waals surface area (Å²) in [6.07, 6.45) is -0.0394. The number of ether oxygens (including phenoxy) is 3. The van der Waals surface area contributed by atoms with Gasteiger partial charge in [0.15, 0.2) is 0 Å². The number of hydrogen-bond acceptors (Lipinski definition) is 7. The van der Waals surface area contributed by atoms with Gasteiger partial charge in [-0.3, -0.25) is 4.79 Å². The third-order valence-electron chi connectivity index (χ3n) is 11.0. The standard InChI is InChI=1S/C28H33F3O7/c1-14(32)36-22-21(15-4-7-20(33)35-13-15)26(3)11-9-18-19(27(26)23(22)38-27)6-5-16-12-17(8-10-25(16,18)2)37-24(34)28(29,30)31/h4,7,13,16-19,21-23H,5-6,8-12H2,1-3H3/t16-,17+,18+,19-,21+,22-,23-,25+,26-,27-/m1/s1. The Morgan fingerprint density at radius 1 is 1.03 bits per heavy atom. The molecule has 1 aromatic heterocycles. The van der Waals surface area contributed by atoms with Crippen LogP contribution in [0.15, 0.2) is 27.6 Å². The molecule has 0 N–H and O–H groups in total. The number of esters is 2. The van der Waals surface area contributed by atoms with Gasteiger partial charge in [0.05, 0.1) is 6.26 Å². The van der Waals surface area contributed by atoms with Crippen LogP contribution in [0.5, 0.6) is 0 Å². The Kier molecular flexibility index (Phi) is 5.67. The number of carbonyl (C=O) groups excluding carboxylic acids is 2. The quantitative estimate of drug-likeness (QED) is 0.399. The van der Waals surface area contributed by atoms with Gasteiger partial charge in [-0.1, -0.05) is 13.8 Å². The van der Waals surface area contributed by atoms with E-state index in [2.05, 4.69) is 13.8 Å². The smallest absolute Gasteiger partial charge is 0.459 e. The molecule has 4 saturated carbocycles. The molecular weight excluding hydrogens is 505 g/mol. The van der Waals surface area contributed by atoms with E-state index >= 15 is 0 Å². The van der Waals surface area contributed by atoms with Gasteiger partial charge < -0.3 is 18.6 Å². The van der Waals surface area contributed by atoms with E-state index in [-0.39, 0.29) is 40.7 Å². The summed E-state index contributed by atoms with van der Waals surface area (Å²) in [5.41, 5.74) is -0.556. The molecule has 0 bridgehead atoms. The maximum atomic E-state index is 12.8. The summed E-state index contributed by atoms with van der Waals surface area (Å²) in [7, 11) is 0. The summed E-state index contributed by atoms with van der Waals surface area (Å²) >= 11 is 0. The van der Waals surface area contributed by atoms with Crippen molar-refractivity contribution in [3.05, 3.63) is 34.4 Å². The lowest BCUT2D eigenvalue weighted by molar-refractivity contribution is -0.211. The highest BCUT2D eigenvalue weighted by Crippen LogP contribution is 2.78. The largest absolute Gasteiger partial charge is 0.490 e. The molecule has 1 aromatic rings. The number of epoxide rings is 1. The SMILES string of the molecule is CC(=O)O[C@H]1[C@H]2O[C@]23[C@@H]2CC[C@@H]4C[C@@H](OC(=O)C(F)(F)F)CC[C@]4(C)[C@H]2CC[C@]3(C)[C@H]1c1ccc(=O)oc1. The van der Waals surface area contributed by atoms with Crippen molar-refractivity contribution >= 4 is 11.9 Å².